The Morgan fingerprint density at radius 3 is 1.44 bits per heavy atom. The zero-order chi connectivity index (χ0) is 46.7. The van der Waals surface area contributed by atoms with Gasteiger partial charge in [0.05, 0.1) is 0 Å². The lowest BCUT2D eigenvalue weighted by Gasteiger charge is -2.25. The summed E-state index contributed by atoms with van der Waals surface area (Å²) in [6.45, 7) is 4.89. The van der Waals surface area contributed by atoms with Gasteiger partial charge >= 0.3 is 0 Å². The molecule has 0 heteroatoms. The summed E-state index contributed by atoms with van der Waals surface area (Å²) in [6.07, 6.45) is 9.99. The molecular weight excluding hydrogens is 853 g/mol. The van der Waals surface area contributed by atoms with E-state index < -0.39 is 0 Å². The lowest BCUT2D eigenvalue weighted by molar-refractivity contribution is 0.661. The molecule has 16 rings (SSSR count). The fraction of sp³-hybridized carbons (Fsp3) is 0.0704. The molecule has 0 fully saturated rings. The summed E-state index contributed by atoms with van der Waals surface area (Å²) >= 11 is 0. The molecule has 0 aliphatic heterocycles. The van der Waals surface area contributed by atoms with Crippen LogP contribution in [-0.2, 0) is 5.41 Å². The molecule has 0 saturated heterocycles. The highest BCUT2D eigenvalue weighted by atomic mass is 14.4. The molecule has 0 spiro atoms. The van der Waals surface area contributed by atoms with E-state index in [0.29, 0.717) is 5.92 Å². The highest BCUT2D eigenvalue weighted by Gasteiger charge is 2.37. The van der Waals surface area contributed by atoms with Crippen LogP contribution in [0.5, 0.6) is 0 Å². The van der Waals surface area contributed by atoms with Crippen molar-refractivity contribution in [3.8, 4) is 89.0 Å². The third kappa shape index (κ3) is 5.35. The van der Waals surface area contributed by atoms with Crippen LogP contribution in [0.1, 0.15) is 42.9 Å². The molecule has 330 valence electrons. The molecule has 0 N–H and O–H groups in total. The van der Waals surface area contributed by atoms with Crippen molar-refractivity contribution in [2.75, 3.05) is 0 Å². The Kier molecular flexibility index (Phi) is 7.89. The number of benzene rings is 12. The maximum absolute atomic E-state index is 2.61. The maximum atomic E-state index is 2.61. The molecule has 12 aromatic rings. The predicted octanol–water partition coefficient (Wildman–Crippen LogP) is 19.7. The quantitative estimate of drug-likeness (QED) is 0.154. The first-order chi connectivity index (χ1) is 35.0. The monoisotopic (exact) mass is 898 g/mol. The Hall–Kier alpha value is -8.58. The summed E-state index contributed by atoms with van der Waals surface area (Å²) in [4.78, 5) is 0. The molecule has 71 heavy (non-hydrogen) atoms. The van der Waals surface area contributed by atoms with Crippen molar-refractivity contribution in [1.82, 2.24) is 0 Å². The van der Waals surface area contributed by atoms with Gasteiger partial charge in [0.1, 0.15) is 0 Å². The molecule has 0 saturated carbocycles. The molecule has 4 aliphatic rings. The van der Waals surface area contributed by atoms with E-state index >= 15 is 0 Å². The van der Waals surface area contributed by atoms with E-state index in [2.05, 4.69) is 238 Å². The molecular formula is C71H46. The van der Waals surface area contributed by atoms with Crippen LogP contribution in [0.15, 0.2) is 224 Å². The van der Waals surface area contributed by atoms with Gasteiger partial charge in [-0.05, 0) is 190 Å². The summed E-state index contributed by atoms with van der Waals surface area (Å²) in [7, 11) is 0. The Bertz CT molecular complexity index is 4400. The molecule has 0 heterocycles. The van der Waals surface area contributed by atoms with Crippen LogP contribution in [0, 0.1) is 0 Å². The van der Waals surface area contributed by atoms with Crippen molar-refractivity contribution in [1.29, 1.82) is 0 Å². The van der Waals surface area contributed by atoms with Gasteiger partial charge in [0, 0.05) is 11.3 Å². The Balaban J connectivity index is 0.948. The van der Waals surface area contributed by atoms with E-state index in [1.807, 2.05) is 0 Å². The SMILES string of the molecule is CC1(C)c2cc(-c3ccc4cc(C5C=CC=CC5)ccc4c3)ccc2-c2cc3c(-c4ccc5c6c(cccc46)-c4ccccc4-5)c4ccccc4c(-c4ccc5c6c(cccc46)-c4ccccc4-5)c3cc21. The highest BCUT2D eigenvalue weighted by molar-refractivity contribution is 6.29. The summed E-state index contributed by atoms with van der Waals surface area (Å²) in [5.41, 5.74) is 24.9. The first-order valence-electron chi connectivity index (χ1n) is 25.3. The molecule has 0 amide bonds. The number of fused-ring (bicyclic) bond motifs is 12. The van der Waals surface area contributed by atoms with Gasteiger partial charge in [-0.25, -0.2) is 0 Å². The molecule has 0 nitrogen and oxygen atoms in total. The Morgan fingerprint density at radius 2 is 0.817 bits per heavy atom. The molecule has 1 atom stereocenters. The fourth-order valence-corrected chi connectivity index (χ4v) is 13.7. The summed E-state index contributed by atoms with van der Waals surface area (Å²) < 4.78 is 0. The van der Waals surface area contributed by atoms with Gasteiger partial charge in [0.15, 0.2) is 0 Å². The van der Waals surface area contributed by atoms with Crippen LogP contribution in [0.3, 0.4) is 0 Å². The van der Waals surface area contributed by atoms with E-state index in [1.165, 1.54) is 160 Å². The van der Waals surface area contributed by atoms with Crippen LogP contribution in [-0.4, -0.2) is 0 Å². The lowest BCUT2D eigenvalue weighted by atomic mass is 9.78. The van der Waals surface area contributed by atoms with E-state index in [0.717, 1.165) is 6.42 Å². The average molecular weight is 899 g/mol. The minimum atomic E-state index is -0.247. The van der Waals surface area contributed by atoms with E-state index in [-0.39, 0.29) is 5.41 Å². The lowest BCUT2D eigenvalue weighted by Crippen LogP contribution is -2.15. The maximum Gasteiger partial charge on any atom is 0.0159 e. The standard InChI is InChI=1S/C71H46/c1-71(2)65-38-46(45-29-28-43-36-42(26-27-44(43)37-45)41-14-4-3-5-15-41)30-31-51(65)62-39-63-64(40-66(62)71)70(61-35-33-59-50-19-9-7-17-48(50)53-23-13-25-57(61)68(53)59)55-21-11-10-20-54(55)69(63)60-34-32-58-49-18-8-6-16-47(49)52-22-12-24-56(60)67(52)58/h3-14,16-41H,15H2,1-2H3. The molecule has 12 aromatic carbocycles. The normalized spacial score (nSPS) is 15.3. The smallest absolute Gasteiger partial charge is 0.0159 e. The van der Waals surface area contributed by atoms with Gasteiger partial charge in [-0.2, -0.15) is 0 Å². The van der Waals surface area contributed by atoms with Gasteiger partial charge in [-0.3, -0.25) is 0 Å². The van der Waals surface area contributed by atoms with Gasteiger partial charge in [0.25, 0.3) is 0 Å². The molecule has 1 unspecified atom stereocenters. The van der Waals surface area contributed by atoms with Gasteiger partial charge < -0.3 is 0 Å². The van der Waals surface area contributed by atoms with E-state index in [9.17, 15) is 0 Å². The van der Waals surface area contributed by atoms with E-state index in [1.54, 1.807) is 0 Å². The second-order valence-corrected chi connectivity index (χ2v) is 21.0. The van der Waals surface area contributed by atoms with Gasteiger partial charge in [-0.15, -0.1) is 0 Å². The van der Waals surface area contributed by atoms with Crippen molar-refractivity contribution in [3.05, 3.63) is 241 Å². The third-order valence-electron chi connectivity index (χ3n) is 17.1. The second-order valence-electron chi connectivity index (χ2n) is 21.0. The zero-order valence-electron chi connectivity index (χ0n) is 39.6. The van der Waals surface area contributed by atoms with Crippen molar-refractivity contribution >= 4 is 53.9 Å². The van der Waals surface area contributed by atoms with Gasteiger partial charge in [0.2, 0.25) is 0 Å². The Morgan fingerprint density at radius 1 is 0.338 bits per heavy atom. The van der Waals surface area contributed by atoms with Crippen LogP contribution < -0.4 is 0 Å². The molecule has 0 bridgehead atoms. The minimum Gasteiger partial charge on any atom is -0.0836 e. The molecule has 0 radical (unpaired) electrons. The van der Waals surface area contributed by atoms with Crippen LogP contribution in [0.4, 0.5) is 0 Å². The van der Waals surface area contributed by atoms with Gasteiger partial charge in [-0.1, -0.05) is 214 Å². The number of allylic oxidation sites excluding steroid dienone is 4. The number of hydrogen-bond acceptors (Lipinski definition) is 0. The van der Waals surface area contributed by atoms with Crippen LogP contribution in [0.2, 0.25) is 0 Å². The topological polar surface area (TPSA) is 0 Å². The average Bonchev–Trinajstić information content (AvgIpc) is 4.01. The number of rotatable bonds is 4. The summed E-state index contributed by atoms with van der Waals surface area (Å²) in [6, 6.07) is 77.2. The van der Waals surface area contributed by atoms with Crippen LogP contribution in [0.25, 0.3) is 143 Å². The summed E-state index contributed by atoms with van der Waals surface area (Å²) in [5.74, 6) is 0.439. The highest BCUT2D eigenvalue weighted by Crippen LogP contribution is 2.57. The van der Waals surface area contributed by atoms with Crippen molar-refractivity contribution in [3.63, 3.8) is 0 Å². The summed E-state index contributed by atoms with van der Waals surface area (Å²) in [5, 5.41) is 13.0. The fourth-order valence-electron chi connectivity index (χ4n) is 13.7. The molecule has 0 aromatic heterocycles. The zero-order valence-corrected chi connectivity index (χ0v) is 39.6. The van der Waals surface area contributed by atoms with Crippen molar-refractivity contribution in [2.45, 2.75) is 31.6 Å². The largest absolute Gasteiger partial charge is 0.0836 e. The van der Waals surface area contributed by atoms with Crippen molar-refractivity contribution in [2.24, 2.45) is 0 Å². The minimum absolute atomic E-state index is 0.247. The van der Waals surface area contributed by atoms with E-state index in [4.69, 9.17) is 0 Å². The van der Waals surface area contributed by atoms with Crippen LogP contribution >= 0.6 is 0 Å². The molecule has 4 aliphatic carbocycles. The predicted molar refractivity (Wildman–Crippen MR) is 302 cm³/mol. The first kappa shape index (κ1) is 39.3. The third-order valence-corrected chi connectivity index (χ3v) is 17.1. The second kappa shape index (κ2) is 14.3. The van der Waals surface area contributed by atoms with Crippen molar-refractivity contribution < 1.29 is 0 Å². The number of hydrogen-bond donors (Lipinski definition) is 0. The Labute approximate surface area is 413 Å². The first-order valence-corrected chi connectivity index (χ1v) is 25.3.